The molecule has 0 saturated heterocycles. The molecule has 0 saturated carbocycles. The zero-order chi connectivity index (χ0) is 6.78. The average Bonchev–Trinajstić information content (AvgIpc) is 1.21. The molecule has 1 unspecified atom stereocenters. The summed E-state index contributed by atoms with van der Waals surface area (Å²) in [5.41, 5.74) is 0. The van der Waals surface area contributed by atoms with Gasteiger partial charge in [-0.05, 0) is 18.8 Å². The molecule has 0 spiro atoms. The lowest BCUT2D eigenvalue weighted by Gasteiger charge is -2.20. The third kappa shape index (κ3) is 6.42. The first-order valence-corrected chi connectivity index (χ1v) is 5.72. The average molecular weight is 158 g/mol. The minimum absolute atomic E-state index is 1.27. The van der Waals surface area contributed by atoms with E-state index in [0.717, 1.165) is 0 Å². The molecular formula is C3H10O3S2. The molecule has 1 atom stereocenters. The molecular weight excluding hydrogens is 148 g/mol. The fourth-order valence-corrected chi connectivity index (χ4v) is 1.57. The molecule has 0 heterocycles. The number of hydrogen-bond acceptors (Lipinski definition) is 2. The van der Waals surface area contributed by atoms with Crippen molar-refractivity contribution in [1.29, 1.82) is 0 Å². The van der Waals surface area contributed by atoms with Crippen LogP contribution in [0.25, 0.3) is 0 Å². The van der Waals surface area contributed by atoms with Crippen LogP contribution in [0.2, 0.25) is 0 Å². The first-order chi connectivity index (χ1) is 3.42. The highest BCUT2D eigenvalue weighted by atomic mass is 32.3. The van der Waals surface area contributed by atoms with Crippen molar-refractivity contribution < 1.29 is 12.4 Å². The maximum atomic E-state index is 9.92. The number of hydrogen-bond donors (Lipinski definition) is 1. The molecule has 5 heteroatoms. The van der Waals surface area contributed by atoms with Gasteiger partial charge in [0, 0.05) is 0 Å². The van der Waals surface area contributed by atoms with Crippen LogP contribution in [-0.2, 0) is 15.0 Å². The summed E-state index contributed by atoms with van der Waals surface area (Å²) in [6, 6.07) is 0. The second-order valence-electron chi connectivity index (χ2n) is 2.01. The Bertz CT molecular complexity index is 95.2. The summed E-state index contributed by atoms with van der Waals surface area (Å²) in [5, 5.41) is 0. The van der Waals surface area contributed by atoms with E-state index in [-0.39, 0.29) is 0 Å². The van der Waals surface area contributed by atoms with E-state index in [0.29, 0.717) is 0 Å². The Labute approximate surface area is 53.4 Å². The van der Waals surface area contributed by atoms with Crippen molar-refractivity contribution in [2.75, 3.05) is 18.8 Å². The van der Waals surface area contributed by atoms with E-state index in [1.54, 1.807) is 18.8 Å². The van der Waals surface area contributed by atoms with E-state index in [1.807, 2.05) is 0 Å². The molecule has 0 aromatic heterocycles. The maximum Gasteiger partial charge on any atom is 0.312 e. The summed E-state index contributed by atoms with van der Waals surface area (Å²) >= 11 is -2.10. The Balaban J connectivity index is 3.55. The Hall–Kier alpha value is 0.420. The first-order valence-electron chi connectivity index (χ1n) is 1.91. The van der Waals surface area contributed by atoms with Crippen LogP contribution in [0.1, 0.15) is 0 Å². The Morgan fingerprint density at radius 1 is 1.50 bits per heavy atom. The molecule has 0 bridgehead atoms. The van der Waals surface area contributed by atoms with Gasteiger partial charge in [0.1, 0.15) is 0 Å². The lowest BCUT2D eigenvalue weighted by molar-refractivity contribution is 0.481. The van der Waals surface area contributed by atoms with Gasteiger partial charge < -0.3 is 0 Å². The molecule has 1 N–H and O–H groups in total. The monoisotopic (exact) mass is 158 g/mol. The maximum absolute atomic E-state index is 9.92. The zero-order valence-corrected chi connectivity index (χ0v) is 6.71. The molecule has 3 nitrogen and oxygen atoms in total. The van der Waals surface area contributed by atoms with E-state index < -0.39 is 21.7 Å². The van der Waals surface area contributed by atoms with E-state index in [1.165, 1.54) is 0 Å². The Morgan fingerprint density at radius 2 is 1.88 bits per heavy atom. The fourth-order valence-electron chi connectivity index (χ4n) is 0.175. The Kier molecular flexibility index (Phi) is 2.96. The van der Waals surface area contributed by atoms with E-state index >= 15 is 0 Å². The highest BCUT2D eigenvalue weighted by Gasteiger charge is 2.06. The molecule has 0 aliphatic carbocycles. The topological polar surface area (TPSA) is 46.5 Å². The SMILES string of the molecule is CS(C)(C)OS(=O)O. The summed E-state index contributed by atoms with van der Waals surface area (Å²) < 4.78 is 22.6. The van der Waals surface area contributed by atoms with Crippen LogP contribution in [0.5, 0.6) is 0 Å². The van der Waals surface area contributed by atoms with Crippen LogP contribution in [0.15, 0.2) is 0 Å². The van der Waals surface area contributed by atoms with E-state index in [9.17, 15) is 4.21 Å². The van der Waals surface area contributed by atoms with Gasteiger partial charge in [-0.3, -0.25) is 4.55 Å². The summed E-state index contributed by atoms with van der Waals surface area (Å²) in [5.74, 6) is 0. The second kappa shape index (κ2) is 2.82. The first kappa shape index (κ1) is 8.42. The standard InChI is InChI=1S/C3H10O3S2/c1-8(2,3)6-7(4)5/h1-3H3,(H,4,5). The molecule has 0 aromatic rings. The largest absolute Gasteiger partial charge is 0.312 e. The van der Waals surface area contributed by atoms with Crippen LogP contribution in [0.4, 0.5) is 0 Å². The van der Waals surface area contributed by atoms with Gasteiger partial charge in [0.15, 0.2) is 0 Å². The normalized spacial score (nSPS) is 18.0. The van der Waals surface area contributed by atoms with Crippen LogP contribution in [-0.4, -0.2) is 27.5 Å². The molecule has 52 valence electrons. The van der Waals surface area contributed by atoms with Crippen LogP contribution in [0.3, 0.4) is 0 Å². The van der Waals surface area contributed by atoms with Gasteiger partial charge in [-0.25, -0.2) is 3.63 Å². The van der Waals surface area contributed by atoms with Crippen molar-refractivity contribution in [1.82, 2.24) is 0 Å². The molecule has 0 radical (unpaired) electrons. The van der Waals surface area contributed by atoms with Crippen molar-refractivity contribution in [2.24, 2.45) is 0 Å². The predicted molar refractivity (Wildman–Crippen MR) is 37.2 cm³/mol. The van der Waals surface area contributed by atoms with Gasteiger partial charge in [0.05, 0.1) is 0 Å². The smallest absolute Gasteiger partial charge is 0.283 e. The van der Waals surface area contributed by atoms with Crippen molar-refractivity contribution >= 4 is 21.7 Å². The summed E-state index contributed by atoms with van der Waals surface area (Å²) in [7, 11) is -1.27. The molecule has 0 aliphatic heterocycles. The minimum atomic E-state index is -2.10. The highest BCUT2D eigenvalue weighted by Crippen LogP contribution is 2.36. The lowest BCUT2D eigenvalue weighted by atomic mass is 11.9. The molecule has 0 aliphatic rings. The van der Waals surface area contributed by atoms with Gasteiger partial charge in [-0.15, -0.1) is 10.3 Å². The van der Waals surface area contributed by atoms with Crippen LogP contribution in [0, 0.1) is 0 Å². The highest BCUT2D eigenvalue weighted by molar-refractivity contribution is 8.30. The van der Waals surface area contributed by atoms with Crippen LogP contribution >= 0.6 is 10.3 Å². The molecule has 0 amide bonds. The quantitative estimate of drug-likeness (QED) is 0.603. The summed E-state index contributed by atoms with van der Waals surface area (Å²) in [6.45, 7) is 0. The fraction of sp³-hybridized carbons (Fsp3) is 1.00. The molecule has 8 heavy (non-hydrogen) atoms. The zero-order valence-electron chi connectivity index (χ0n) is 5.08. The van der Waals surface area contributed by atoms with Gasteiger partial charge >= 0.3 is 11.4 Å². The number of rotatable bonds is 2. The van der Waals surface area contributed by atoms with Gasteiger partial charge in [0.25, 0.3) is 0 Å². The third-order valence-corrected chi connectivity index (χ3v) is 2.36. The summed E-state index contributed by atoms with van der Waals surface area (Å²) in [6.07, 6.45) is 5.38. The molecule has 0 rings (SSSR count). The Morgan fingerprint density at radius 3 is 1.88 bits per heavy atom. The van der Waals surface area contributed by atoms with E-state index in [4.69, 9.17) is 4.55 Å². The van der Waals surface area contributed by atoms with Crippen molar-refractivity contribution in [3.05, 3.63) is 0 Å². The minimum Gasteiger partial charge on any atom is -0.283 e. The van der Waals surface area contributed by atoms with Crippen molar-refractivity contribution in [3.8, 4) is 0 Å². The predicted octanol–water partition coefficient (Wildman–Crippen LogP) is 0.749. The van der Waals surface area contributed by atoms with Crippen molar-refractivity contribution in [3.63, 3.8) is 0 Å². The third-order valence-electron chi connectivity index (χ3n) is 0.262. The molecule has 0 fully saturated rings. The van der Waals surface area contributed by atoms with Gasteiger partial charge in [0.2, 0.25) is 0 Å². The van der Waals surface area contributed by atoms with Crippen LogP contribution < -0.4 is 0 Å². The molecule has 0 aromatic carbocycles. The van der Waals surface area contributed by atoms with Gasteiger partial charge in [-0.1, -0.05) is 0 Å². The second-order valence-corrected chi connectivity index (χ2v) is 6.44. The van der Waals surface area contributed by atoms with Crippen molar-refractivity contribution in [2.45, 2.75) is 0 Å². The summed E-state index contributed by atoms with van der Waals surface area (Å²) in [4.78, 5) is 0. The lowest BCUT2D eigenvalue weighted by Crippen LogP contribution is -2.00. The van der Waals surface area contributed by atoms with Gasteiger partial charge in [-0.2, -0.15) is 4.21 Å². The van der Waals surface area contributed by atoms with E-state index in [2.05, 4.69) is 3.63 Å².